The molecule has 1 saturated heterocycles. The van der Waals surface area contributed by atoms with Crippen LogP contribution in [0.2, 0.25) is 0 Å². The number of hydrogen-bond acceptors (Lipinski definition) is 5. The lowest BCUT2D eigenvalue weighted by Gasteiger charge is -2.19. The molecule has 1 unspecified atom stereocenters. The summed E-state index contributed by atoms with van der Waals surface area (Å²) in [5.41, 5.74) is 1.40. The van der Waals surface area contributed by atoms with Crippen LogP contribution in [0.25, 0.3) is 11.3 Å². The number of hydrogen-bond donors (Lipinski definition) is 1. The predicted octanol–water partition coefficient (Wildman–Crippen LogP) is 0.731. The van der Waals surface area contributed by atoms with E-state index in [-0.39, 0.29) is 17.5 Å². The van der Waals surface area contributed by atoms with E-state index < -0.39 is 0 Å². The fourth-order valence-corrected chi connectivity index (χ4v) is 3.49. The van der Waals surface area contributed by atoms with Crippen LogP contribution in [0, 0.1) is 11.8 Å². The summed E-state index contributed by atoms with van der Waals surface area (Å²) in [5.74, 6) is 1.61. The summed E-state index contributed by atoms with van der Waals surface area (Å²) in [6, 6.07) is 5.49. The van der Waals surface area contributed by atoms with Gasteiger partial charge in [-0.05, 0) is 12.1 Å². The van der Waals surface area contributed by atoms with Gasteiger partial charge in [-0.2, -0.15) is 0 Å². The Balaban J connectivity index is 1.56. The van der Waals surface area contributed by atoms with Crippen LogP contribution in [0.3, 0.4) is 0 Å². The minimum atomic E-state index is -0.101. The first-order valence-corrected chi connectivity index (χ1v) is 8.05. The second kappa shape index (κ2) is 5.43. The molecule has 0 aromatic carbocycles. The number of carbonyl (C=O) groups excluding carboxylic acids is 1. The molecule has 2 aromatic rings. The molecule has 3 atom stereocenters. The lowest BCUT2D eigenvalue weighted by molar-refractivity contribution is -0.128. The summed E-state index contributed by atoms with van der Waals surface area (Å²) in [4.78, 5) is 34.1. The van der Waals surface area contributed by atoms with Gasteiger partial charge in [0.2, 0.25) is 11.9 Å². The van der Waals surface area contributed by atoms with Gasteiger partial charge in [-0.15, -0.1) is 0 Å². The molecule has 1 aliphatic carbocycles. The molecule has 0 bridgehead atoms. The maximum atomic E-state index is 12.2. The molecule has 7 heteroatoms. The van der Waals surface area contributed by atoms with E-state index in [9.17, 15) is 9.59 Å². The Morgan fingerprint density at radius 1 is 1.25 bits per heavy atom. The highest BCUT2D eigenvalue weighted by molar-refractivity contribution is 5.74. The number of nitrogens with zero attached hydrogens (tertiary/aromatic N) is 4. The van der Waals surface area contributed by atoms with E-state index in [1.807, 2.05) is 17.0 Å². The molecule has 0 radical (unpaired) electrons. The summed E-state index contributed by atoms with van der Waals surface area (Å²) >= 11 is 0. The van der Waals surface area contributed by atoms with E-state index in [1.54, 1.807) is 26.4 Å². The number of aromatic nitrogens is 3. The zero-order valence-electron chi connectivity index (χ0n) is 13.6. The molecule has 124 valence electrons. The first kappa shape index (κ1) is 14.9. The SMILES string of the molecule is CC(=O)N1C[C@@H]2C(Nc3nc(-c4ccncc4)cc(=O)n3C)[C@@H]2C1. The van der Waals surface area contributed by atoms with Crippen molar-refractivity contribution in [3.63, 3.8) is 0 Å². The highest BCUT2D eigenvalue weighted by Gasteiger charge is 2.56. The van der Waals surface area contributed by atoms with Crippen molar-refractivity contribution in [3.8, 4) is 11.3 Å². The quantitative estimate of drug-likeness (QED) is 0.900. The Morgan fingerprint density at radius 3 is 2.54 bits per heavy atom. The highest BCUT2D eigenvalue weighted by atomic mass is 16.2. The fraction of sp³-hybridized carbons (Fsp3) is 0.412. The molecule has 1 amide bonds. The van der Waals surface area contributed by atoms with E-state index in [1.165, 1.54) is 10.6 Å². The summed E-state index contributed by atoms with van der Waals surface area (Å²) in [7, 11) is 1.72. The van der Waals surface area contributed by atoms with E-state index >= 15 is 0 Å². The summed E-state index contributed by atoms with van der Waals surface area (Å²) in [5, 5.41) is 3.39. The van der Waals surface area contributed by atoms with E-state index in [0.717, 1.165) is 18.7 Å². The molecular formula is C17H19N5O2. The van der Waals surface area contributed by atoms with Gasteiger partial charge in [0.05, 0.1) is 5.69 Å². The van der Waals surface area contributed by atoms with Gasteiger partial charge in [-0.25, -0.2) is 4.98 Å². The first-order valence-electron chi connectivity index (χ1n) is 8.05. The lowest BCUT2D eigenvalue weighted by atomic mass is 10.2. The van der Waals surface area contributed by atoms with E-state index in [0.29, 0.717) is 23.5 Å². The molecule has 3 heterocycles. The fourth-order valence-electron chi connectivity index (χ4n) is 3.49. The van der Waals surface area contributed by atoms with E-state index in [4.69, 9.17) is 0 Å². The number of pyridine rings is 1. The van der Waals surface area contributed by atoms with Gasteiger partial charge in [0.25, 0.3) is 5.56 Å². The van der Waals surface area contributed by atoms with Gasteiger partial charge in [0.15, 0.2) is 0 Å². The molecule has 2 aromatic heterocycles. The van der Waals surface area contributed by atoms with Gasteiger partial charge in [0.1, 0.15) is 0 Å². The van der Waals surface area contributed by atoms with Gasteiger partial charge in [0, 0.05) is 69.0 Å². The molecule has 1 saturated carbocycles. The number of nitrogens with one attached hydrogen (secondary N) is 1. The Morgan fingerprint density at radius 2 is 1.92 bits per heavy atom. The van der Waals surface area contributed by atoms with Crippen molar-refractivity contribution in [3.05, 3.63) is 40.9 Å². The van der Waals surface area contributed by atoms with Crippen LogP contribution < -0.4 is 10.9 Å². The second-order valence-corrected chi connectivity index (χ2v) is 6.52. The van der Waals surface area contributed by atoms with Crippen molar-refractivity contribution in [1.82, 2.24) is 19.4 Å². The number of amides is 1. The summed E-state index contributed by atoms with van der Waals surface area (Å²) in [6.45, 7) is 3.18. The monoisotopic (exact) mass is 325 g/mol. The number of anilines is 1. The minimum absolute atomic E-state index is 0.101. The Kier molecular flexibility index (Phi) is 3.37. The third-order valence-electron chi connectivity index (χ3n) is 5.05. The molecule has 2 fully saturated rings. The van der Waals surface area contributed by atoms with Gasteiger partial charge < -0.3 is 10.2 Å². The first-order chi connectivity index (χ1) is 11.5. The predicted molar refractivity (Wildman–Crippen MR) is 89.4 cm³/mol. The van der Waals surface area contributed by atoms with Gasteiger partial charge in [-0.3, -0.25) is 19.1 Å². The highest BCUT2D eigenvalue weighted by Crippen LogP contribution is 2.46. The molecule has 0 spiro atoms. The molecule has 24 heavy (non-hydrogen) atoms. The Hall–Kier alpha value is -2.70. The van der Waals surface area contributed by atoms with Crippen molar-refractivity contribution >= 4 is 11.9 Å². The maximum absolute atomic E-state index is 12.2. The van der Waals surface area contributed by atoms with Crippen LogP contribution >= 0.6 is 0 Å². The number of piperidine rings is 1. The van der Waals surface area contributed by atoms with Crippen LogP contribution in [-0.2, 0) is 11.8 Å². The Bertz CT molecular complexity index is 836. The van der Waals surface area contributed by atoms with E-state index in [2.05, 4.69) is 15.3 Å². The van der Waals surface area contributed by atoms with Crippen LogP contribution in [0.15, 0.2) is 35.4 Å². The largest absolute Gasteiger partial charge is 0.352 e. The molecule has 1 aliphatic heterocycles. The third kappa shape index (κ3) is 2.46. The summed E-state index contributed by atoms with van der Waals surface area (Å²) in [6.07, 6.45) is 3.37. The third-order valence-corrected chi connectivity index (χ3v) is 5.05. The molecular weight excluding hydrogens is 306 g/mol. The van der Waals surface area contributed by atoms with Crippen LogP contribution in [0.4, 0.5) is 5.95 Å². The summed E-state index contributed by atoms with van der Waals surface area (Å²) < 4.78 is 1.53. The number of fused-ring (bicyclic) bond motifs is 1. The molecule has 2 aliphatic rings. The van der Waals surface area contributed by atoms with Crippen molar-refractivity contribution in [2.24, 2.45) is 18.9 Å². The lowest BCUT2D eigenvalue weighted by Crippen LogP contribution is -2.32. The van der Waals surface area contributed by atoms with Gasteiger partial charge >= 0.3 is 0 Å². The van der Waals surface area contributed by atoms with Crippen molar-refractivity contribution in [2.75, 3.05) is 18.4 Å². The van der Waals surface area contributed by atoms with Crippen LogP contribution in [0.5, 0.6) is 0 Å². The maximum Gasteiger partial charge on any atom is 0.255 e. The zero-order chi connectivity index (χ0) is 16.8. The number of rotatable bonds is 3. The van der Waals surface area contributed by atoms with Crippen molar-refractivity contribution < 1.29 is 4.79 Å². The molecule has 7 nitrogen and oxygen atoms in total. The second-order valence-electron chi connectivity index (χ2n) is 6.52. The minimum Gasteiger partial charge on any atom is -0.352 e. The molecule has 1 N–H and O–H groups in total. The number of likely N-dealkylation sites (tertiary alicyclic amines) is 1. The van der Waals surface area contributed by atoms with Crippen LogP contribution in [0.1, 0.15) is 6.92 Å². The van der Waals surface area contributed by atoms with Crippen molar-refractivity contribution in [1.29, 1.82) is 0 Å². The number of carbonyl (C=O) groups is 1. The standard InChI is InChI=1S/C17H19N5O2/c1-10(23)22-8-12-13(9-22)16(12)20-17-19-14(7-15(24)21(17)2)11-3-5-18-6-4-11/h3-7,12-13,16H,8-9H2,1-2H3,(H,19,20)/t12-,13+,16?. The topological polar surface area (TPSA) is 80.1 Å². The normalized spacial score (nSPS) is 24.6. The smallest absolute Gasteiger partial charge is 0.255 e. The zero-order valence-corrected chi connectivity index (χ0v) is 13.6. The Labute approximate surface area is 139 Å². The van der Waals surface area contributed by atoms with Gasteiger partial charge in [-0.1, -0.05) is 0 Å². The average Bonchev–Trinajstić information content (AvgIpc) is 3.02. The molecule has 4 rings (SSSR count). The van der Waals surface area contributed by atoms with Crippen LogP contribution in [-0.4, -0.2) is 44.5 Å². The van der Waals surface area contributed by atoms with Crippen molar-refractivity contribution in [2.45, 2.75) is 13.0 Å². The average molecular weight is 325 g/mol.